The van der Waals surface area contributed by atoms with Gasteiger partial charge in [-0.25, -0.2) is 44.3 Å². The molecule has 618 valence electrons. The molecule has 0 bridgehead atoms. The van der Waals surface area contributed by atoms with Crippen LogP contribution in [0.2, 0.25) is 0 Å². The van der Waals surface area contributed by atoms with E-state index in [9.17, 15) is 58.9 Å². The number of aromatic nitrogens is 6. The van der Waals surface area contributed by atoms with Gasteiger partial charge in [0.25, 0.3) is 0 Å². The first kappa shape index (κ1) is 83.9. The summed E-state index contributed by atoms with van der Waals surface area (Å²) in [6.07, 6.45) is 21.3. The van der Waals surface area contributed by atoms with Crippen LogP contribution in [0.4, 0.5) is 49.3 Å². The van der Waals surface area contributed by atoms with Crippen molar-refractivity contribution in [3.05, 3.63) is 128 Å². The second-order valence-electron chi connectivity index (χ2n) is 31.5. The third-order valence-electron chi connectivity index (χ3n) is 23.0. The molecule has 34 nitrogen and oxygen atoms in total. The van der Waals surface area contributed by atoms with Gasteiger partial charge in [0, 0.05) is 128 Å². The SMILES string of the molecule is CN1CCN(Cc2cc3c(nc2C=O)N(C(=O)Nc2cc(OC4CC4)c(C#N)cn2)CCC3)C(=O)C1.COC1CCC(Cc2cc(NC(=O)N3CCCc4cc(CN5CCN(C)CC5=O)c(C=O)nc43)ncc2C#N)CC1.COC1CCC(Oc2cc(NC(=O)N3CCCc4cc(CN5CCN(C)CC5=O)c(C=O)nc43)ncc2C#N)CC1. The van der Waals surface area contributed by atoms with Crippen molar-refractivity contribution in [3.63, 3.8) is 0 Å². The van der Waals surface area contributed by atoms with Crippen LogP contribution in [0.1, 0.15) is 171 Å². The lowest BCUT2D eigenvalue weighted by Crippen LogP contribution is -2.48. The molecule has 0 aromatic carbocycles. The Hall–Kier alpha value is -12.0. The van der Waals surface area contributed by atoms with Crippen molar-refractivity contribution in [2.75, 3.05) is 145 Å². The molecule has 12 heterocycles. The zero-order valence-corrected chi connectivity index (χ0v) is 67.3. The number of rotatable bonds is 20. The van der Waals surface area contributed by atoms with Crippen LogP contribution in [0.5, 0.6) is 11.5 Å². The van der Waals surface area contributed by atoms with E-state index in [0.717, 1.165) is 132 Å². The van der Waals surface area contributed by atoms with Crippen molar-refractivity contribution >= 4 is 89.6 Å². The lowest BCUT2D eigenvalue weighted by Gasteiger charge is -2.33. The highest BCUT2D eigenvalue weighted by atomic mass is 16.5. The van der Waals surface area contributed by atoms with Gasteiger partial charge >= 0.3 is 18.1 Å². The molecular formula is C84H99N21O13. The number of methoxy groups -OCH3 is 2. The Morgan fingerprint density at radius 3 is 1.08 bits per heavy atom. The number of nitrogens with zero attached hydrogens (tertiary/aromatic N) is 18. The predicted molar refractivity (Wildman–Crippen MR) is 432 cm³/mol. The van der Waals surface area contributed by atoms with Gasteiger partial charge in [0.15, 0.2) is 18.9 Å². The molecule has 118 heavy (non-hydrogen) atoms. The second kappa shape index (κ2) is 38.8. The average Bonchev–Trinajstić information content (AvgIpc) is 0.999. The topological polar surface area (TPSA) is 405 Å². The molecule has 9 amide bonds. The molecule has 15 rings (SSSR count). The normalized spacial score (nSPS) is 20.2. The highest BCUT2D eigenvalue weighted by Gasteiger charge is 2.35. The van der Waals surface area contributed by atoms with Crippen LogP contribution < -0.4 is 40.1 Å². The van der Waals surface area contributed by atoms with Crippen molar-refractivity contribution in [3.8, 4) is 29.7 Å². The largest absolute Gasteiger partial charge is 0.489 e. The van der Waals surface area contributed by atoms with Gasteiger partial charge in [-0.2, -0.15) is 15.8 Å². The Morgan fingerprint density at radius 2 is 0.754 bits per heavy atom. The Labute approximate surface area is 684 Å². The summed E-state index contributed by atoms with van der Waals surface area (Å²) in [5.41, 5.74) is 7.28. The van der Waals surface area contributed by atoms with Gasteiger partial charge in [0.2, 0.25) is 17.7 Å². The van der Waals surface area contributed by atoms with Crippen LogP contribution in [-0.4, -0.2) is 252 Å². The zero-order chi connectivity index (χ0) is 83.1. The Balaban J connectivity index is 0.000000154. The first-order valence-corrected chi connectivity index (χ1v) is 40.4. The second-order valence-corrected chi connectivity index (χ2v) is 31.5. The zero-order valence-electron chi connectivity index (χ0n) is 67.3. The van der Waals surface area contributed by atoms with Gasteiger partial charge in [-0.15, -0.1) is 0 Å². The van der Waals surface area contributed by atoms with Crippen molar-refractivity contribution in [1.29, 1.82) is 15.8 Å². The van der Waals surface area contributed by atoms with Crippen LogP contribution in [-0.2, 0) is 69.2 Å². The summed E-state index contributed by atoms with van der Waals surface area (Å²) in [6, 6.07) is 15.7. The van der Waals surface area contributed by atoms with E-state index in [4.69, 9.17) is 18.9 Å². The van der Waals surface area contributed by atoms with Crippen LogP contribution in [0.15, 0.2) is 55.0 Å². The number of hydrogen-bond donors (Lipinski definition) is 3. The summed E-state index contributed by atoms with van der Waals surface area (Å²) in [4.78, 5) is 155. The summed E-state index contributed by atoms with van der Waals surface area (Å²) < 4.78 is 22.8. The Kier molecular flexibility index (Phi) is 27.6. The number of carbonyl (C=O) groups excluding carboxylic acids is 9. The average molecular weight is 1610 g/mol. The maximum absolute atomic E-state index is 13.4. The van der Waals surface area contributed by atoms with Gasteiger partial charge in [-0.3, -0.25) is 74.1 Å². The summed E-state index contributed by atoms with van der Waals surface area (Å²) in [5.74, 6) is 3.47. The molecule has 3 N–H and O–H groups in total. The lowest BCUT2D eigenvalue weighted by atomic mass is 9.83. The van der Waals surface area contributed by atoms with Crippen LogP contribution in [0, 0.1) is 39.9 Å². The molecule has 9 aliphatic rings. The number of urea groups is 3. The van der Waals surface area contributed by atoms with E-state index in [1.54, 1.807) is 52.0 Å². The van der Waals surface area contributed by atoms with Crippen molar-refractivity contribution in [1.82, 2.24) is 59.3 Å². The minimum atomic E-state index is -0.443. The van der Waals surface area contributed by atoms with Gasteiger partial charge in [-0.1, -0.05) is 0 Å². The van der Waals surface area contributed by atoms with E-state index in [2.05, 4.69) is 64.1 Å². The predicted octanol–water partition coefficient (Wildman–Crippen LogP) is 7.88. The number of fused-ring (bicyclic) bond motifs is 3. The first-order valence-electron chi connectivity index (χ1n) is 40.4. The summed E-state index contributed by atoms with van der Waals surface area (Å²) in [7, 11) is 9.18. The molecule has 6 aromatic rings. The van der Waals surface area contributed by atoms with E-state index in [1.165, 1.54) is 28.4 Å². The Bertz CT molecular complexity index is 4710. The molecule has 6 aromatic heterocycles. The molecule has 0 radical (unpaired) electrons. The highest BCUT2D eigenvalue weighted by molar-refractivity contribution is 6.04. The third kappa shape index (κ3) is 20.7. The van der Waals surface area contributed by atoms with Crippen LogP contribution in [0.25, 0.3) is 0 Å². The third-order valence-corrected chi connectivity index (χ3v) is 23.0. The summed E-state index contributed by atoms with van der Waals surface area (Å²) in [6.45, 7) is 7.34. The van der Waals surface area contributed by atoms with Gasteiger partial charge in [-0.05, 0) is 183 Å². The fourth-order valence-electron chi connectivity index (χ4n) is 16.1. The van der Waals surface area contributed by atoms with Crippen LogP contribution >= 0.6 is 0 Å². The minimum absolute atomic E-state index is 0.00949. The lowest BCUT2D eigenvalue weighted by molar-refractivity contribution is -0.136. The van der Waals surface area contributed by atoms with Gasteiger partial charge in [0.05, 0.1) is 62.0 Å². The number of hydrogen-bond acceptors (Lipinski definition) is 25. The van der Waals surface area contributed by atoms with E-state index < -0.39 is 12.1 Å². The van der Waals surface area contributed by atoms with Crippen molar-refractivity contribution < 1.29 is 62.1 Å². The highest BCUT2D eigenvalue weighted by Crippen LogP contribution is 2.37. The number of piperazine rings is 3. The quantitative estimate of drug-likeness (QED) is 0.0611. The number of anilines is 6. The maximum Gasteiger partial charge on any atom is 0.328 e. The molecule has 0 atom stereocenters. The molecule has 0 unspecified atom stereocenters. The summed E-state index contributed by atoms with van der Waals surface area (Å²) >= 11 is 0. The molecule has 0 spiro atoms. The number of amides is 9. The maximum atomic E-state index is 13.4. The number of aryl methyl sites for hydroxylation is 3. The van der Waals surface area contributed by atoms with E-state index in [-0.39, 0.29) is 70.8 Å². The molecule has 3 saturated heterocycles. The van der Waals surface area contributed by atoms with E-state index >= 15 is 0 Å². The number of carbonyl (C=O) groups is 9. The number of ether oxygens (including phenoxy) is 4. The smallest absolute Gasteiger partial charge is 0.328 e. The standard InChI is InChI=1S/C30H37N7O4.C29H35N7O5.C25H27N7O4/c1-35-10-11-36(28(39)18-35)17-23-13-21-4-3-9-37(29(21)33-26(23)19-38)30(40)34-27-14-22(24(15-31)16-32-27)12-20-5-7-25(41-2)8-6-20;1-34-10-11-35(27(38)17-34)16-20-12-19-4-3-9-36(28(19)32-24(20)18-37)29(39)33-26-13-25(21(14-30)15-31-26)41-23-7-5-22(40-2)6-8-23;1-30-7-8-31(23(34)14-30)13-17-9-16-3-2-6-32(24(16)28-20(17)15-33)25(35)29-22-10-21(36-19-4-5-19)18(11-26)12-27-22/h13-14,16,19-20,25H,3-12,17-18H2,1-2H3,(H,32,34,40);12-13,15,18,22-23H,3-11,16-17H2,1-2H3,(H,31,33,39);9-10,12,15,19H,2-8,13-14H2,1H3,(H,27,29,35). The van der Waals surface area contributed by atoms with E-state index in [1.807, 2.05) is 54.0 Å². The first-order chi connectivity index (χ1) is 57.2. The van der Waals surface area contributed by atoms with Crippen LogP contribution in [0.3, 0.4) is 0 Å². The molecule has 3 saturated carbocycles. The van der Waals surface area contributed by atoms with Gasteiger partial charge in [0.1, 0.15) is 92.8 Å². The molecule has 6 fully saturated rings. The van der Waals surface area contributed by atoms with Crippen molar-refractivity contribution in [2.45, 2.75) is 153 Å². The van der Waals surface area contributed by atoms with Crippen molar-refractivity contribution in [2.24, 2.45) is 5.92 Å². The number of nitriles is 3. The number of aldehydes is 3. The molecule has 3 aliphatic carbocycles. The molecular weight excluding hydrogens is 1510 g/mol. The number of nitrogens with one attached hydrogen (secondary N) is 3. The fourth-order valence-corrected chi connectivity index (χ4v) is 16.1. The fraction of sp³-hybridized carbons (Fsp3) is 0.500. The number of likely N-dealkylation sites (N-methyl/N-ethyl adjacent to an activating group) is 3. The Morgan fingerprint density at radius 1 is 0.432 bits per heavy atom. The van der Waals surface area contributed by atoms with E-state index in [0.29, 0.717) is 197 Å². The molecule has 6 aliphatic heterocycles. The number of pyridine rings is 6. The minimum Gasteiger partial charge on any atom is -0.489 e. The van der Waals surface area contributed by atoms with Gasteiger partial charge < -0.3 is 33.6 Å². The summed E-state index contributed by atoms with van der Waals surface area (Å²) in [5, 5.41) is 37.0. The molecule has 34 heteroatoms. The monoisotopic (exact) mass is 1610 g/mol.